The van der Waals surface area contributed by atoms with Gasteiger partial charge in [-0.1, -0.05) is 28.8 Å². The number of hydrogen-bond acceptors (Lipinski definition) is 5. The van der Waals surface area contributed by atoms with Gasteiger partial charge in [0, 0.05) is 0 Å². The molecule has 0 unspecified atom stereocenters. The minimum absolute atomic E-state index is 0.0523. The molecule has 108 valence electrons. The number of hydroxylamine groups is 2. The van der Waals surface area contributed by atoms with E-state index in [9.17, 15) is 14.4 Å². The van der Waals surface area contributed by atoms with Crippen LogP contribution >= 0.6 is 0 Å². The molecule has 2 aliphatic heterocycles. The first-order valence-corrected chi connectivity index (χ1v) is 6.61. The lowest BCUT2D eigenvalue weighted by Crippen LogP contribution is -2.32. The summed E-state index contributed by atoms with van der Waals surface area (Å²) in [5.74, 6) is -1.84. The first-order chi connectivity index (χ1) is 10.2. The lowest BCUT2D eigenvalue weighted by molar-refractivity contribution is -0.167. The second kappa shape index (κ2) is 5.49. The number of fused-ring (bicyclic) bond motifs is 1. The number of carbonyl (C=O) groups excluding carboxylic acids is 3. The predicted molar refractivity (Wildman–Crippen MR) is 71.2 cm³/mol. The molecule has 1 aromatic rings. The summed E-state index contributed by atoms with van der Waals surface area (Å²) >= 11 is 0. The predicted octanol–water partition coefficient (Wildman–Crippen LogP) is 1.48. The van der Waals surface area contributed by atoms with E-state index < -0.39 is 17.8 Å². The van der Waals surface area contributed by atoms with Crippen molar-refractivity contribution >= 4 is 17.8 Å². The van der Waals surface area contributed by atoms with Crippen LogP contribution in [0.4, 0.5) is 0 Å². The zero-order valence-electron chi connectivity index (χ0n) is 11.2. The van der Waals surface area contributed by atoms with Crippen LogP contribution < -0.4 is 0 Å². The molecule has 0 N–H and O–H groups in total. The van der Waals surface area contributed by atoms with E-state index >= 15 is 0 Å². The highest BCUT2D eigenvalue weighted by atomic mass is 16.7. The first kappa shape index (κ1) is 13.5. The molecule has 0 saturated heterocycles. The molecule has 0 fully saturated rings. The third-order valence-corrected chi connectivity index (χ3v) is 3.38. The highest BCUT2D eigenvalue weighted by Gasteiger charge is 2.38. The molecule has 0 aromatic heterocycles. The Morgan fingerprint density at radius 2 is 1.86 bits per heavy atom. The van der Waals surface area contributed by atoms with Crippen molar-refractivity contribution in [1.82, 2.24) is 5.06 Å². The van der Waals surface area contributed by atoms with Crippen molar-refractivity contribution in [2.45, 2.75) is 12.8 Å². The Hall–Kier alpha value is -2.47. The molecule has 6 heteroatoms. The van der Waals surface area contributed by atoms with Gasteiger partial charge in [-0.15, -0.1) is 0 Å². The van der Waals surface area contributed by atoms with E-state index in [-0.39, 0.29) is 17.5 Å². The number of nitrogens with zero attached hydrogens (tertiary/aromatic N) is 1. The Morgan fingerprint density at radius 1 is 1.19 bits per heavy atom. The monoisotopic (exact) mass is 287 g/mol. The van der Waals surface area contributed by atoms with E-state index in [1.807, 2.05) is 6.08 Å². The van der Waals surface area contributed by atoms with Gasteiger partial charge in [-0.3, -0.25) is 9.59 Å². The van der Waals surface area contributed by atoms with Gasteiger partial charge < -0.3 is 9.57 Å². The van der Waals surface area contributed by atoms with E-state index in [2.05, 4.69) is 0 Å². The van der Waals surface area contributed by atoms with E-state index in [1.54, 1.807) is 12.1 Å². The first-order valence-electron chi connectivity index (χ1n) is 6.61. The van der Waals surface area contributed by atoms with Crippen LogP contribution in [0.2, 0.25) is 0 Å². The Morgan fingerprint density at radius 3 is 2.43 bits per heavy atom. The van der Waals surface area contributed by atoms with Crippen molar-refractivity contribution in [3.8, 4) is 0 Å². The van der Waals surface area contributed by atoms with E-state index in [0.717, 1.165) is 5.57 Å². The summed E-state index contributed by atoms with van der Waals surface area (Å²) in [6, 6.07) is 6.37. The lowest BCUT2D eigenvalue weighted by atomic mass is 10.1. The van der Waals surface area contributed by atoms with Crippen molar-refractivity contribution in [2.24, 2.45) is 0 Å². The maximum atomic E-state index is 12.0. The molecule has 2 amide bonds. The Bertz CT molecular complexity index is 614. The van der Waals surface area contributed by atoms with Crippen LogP contribution in [0.1, 0.15) is 33.6 Å². The fourth-order valence-corrected chi connectivity index (χ4v) is 2.30. The number of imide groups is 1. The number of carbonyl (C=O) groups is 3. The SMILES string of the molecule is O=C(CC1=CCOCC1)ON1C(=O)c2ccccc2C1=O. The third kappa shape index (κ3) is 2.57. The summed E-state index contributed by atoms with van der Waals surface area (Å²) < 4.78 is 5.14. The molecule has 0 bridgehead atoms. The number of benzene rings is 1. The van der Waals surface area contributed by atoms with Gasteiger partial charge in [0.1, 0.15) is 0 Å². The Kier molecular flexibility index (Phi) is 3.53. The summed E-state index contributed by atoms with van der Waals surface area (Å²) in [5.41, 5.74) is 1.39. The van der Waals surface area contributed by atoms with Crippen molar-refractivity contribution in [2.75, 3.05) is 13.2 Å². The van der Waals surface area contributed by atoms with Crippen molar-refractivity contribution in [3.05, 3.63) is 47.0 Å². The standard InChI is InChI=1S/C15H13NO5/c17-13(9-10-5-7-20-8-6-10)21-16-14(18)11-3-1-2-4-12(11)15(16)19/h1-5H,6-9H2. The molecule has 2 aliphatic rings. The minimum atomic E-state index is -0.627. The zero-order valence-corrected chi connectivity index (χ0v) is 11.2. The molecule has 0 radical (unpaired) electrons. The molecule has 0 saturated carbocycles. The van der Waals surface area contributed by atoms with E-state index in [4.69, 9.17) is 9.57 Å². The van der Waals surface area contributed by atoms with Gasteiger partial charge in [-0.25, -0.2) is 4.79 Å². The van der Waals surface area contributed by atoms with Crippen LogP contribution in [-0.4, -0.2) is 36.1 Å². The highest BCUT2D eigenvalue weighted by molar-refractivity contribution is 6.20. The van der Waals surface area contributed by atoms with Gasteiger partial charge in [-0.05, 0) is 18.6 Å². The van der Waals surface area contributed by atoms with E-state index in [0.29, 0.717) is 24.7 Å². The smallest absolute Gasteiger partial charge is 0.337 e. The van der Waals surface area contributed by atoms with Gasteiger partial charge >= 0.3 is 5.97 Å². The lowest BCUT2D eigenvalue weighted by Gasteiger charge is -2.15. The molecular formula is C15H13NO5. The molecule has 0 atom stereocenters. The number of amides is 2. The van der Waals surface area contributed by atoms with Crippen molar-refractivity contribution in [3.63, 3.8) is 0 Å². The average Bonchev–Trinajstić information content (AvgIpc) is 2.74. The van der Waals surface area contributed by atoms with Crippen LogP contribution in [-0.2, 0) is 14.4 Å². The summed E-state index contributed by atoms with van der Waals surface area (Å²) in [7, 11) is 0. The van der Waals surface area contributed by atoms with Gasteiger partial charge in [0.2, 0.25) is 0 Å². The van der Waals surface area contributed by atoms with Gasteiger partial charge in [0.25, 0.3) is 11.8 Å². The fourth-order valence-electron chi connectivity index (χ4n) is 2.30. The normalized spacial score (nSPS) is 17.5. The number of hydrogen-bond donors (Lipinski definition) is 0. The van der Waals surface area contributed by atoms with Crippen LogP contribution in [0.5, 0.6) is 0 Å². The van der Waals surface area contributed by atoms with Crippen molar-refractivity contribution < 1.29 is 24.0 Å². The second-order valence-corrected chi connectivity index (χ2v) is 4.78. The van der Waals surface area contributed by atoms with Crippen molar-refractivity contribution in [1.29, 1.82) is 0 Å². The fraction of sp³-hybridized carbons (Fsp3) is 0.267. The summed E-state index contributed by atoms with van der Waals surface area (Å²) in [4.78, 5) is 40.9. The third-order valence-electron chi connectivity index (χ3n) is 3.38. The quantitative estimate of drug-likeness (QED) is 0.622. The molecule has 3 rings (SSSR count). The van der Waals surface area contributed by atoms with Gasteiger partial charge in [0.05, 0.1) is 30.8 Å². The zero-order chi connectivity index (χ0) is 14.8. The largest absolute Gasteiger partial charge is 0.377 e. The Balaban J connectivity index is 1.69. The molecule has 21 heavy (non-hydrogen) atoms. The summed E-state index contributed by atoms with van der Waals surface area (Å²) in [6.07, 6.45) is 2.51. The molecule has 2 heterocycles. The Labute approximate surface area is 120 Å². The molecular weight excluding hydrogens is 274 g/mol. The van der Waals surface area contributed by atoms with Gasteiger partial charge in [-0.2, -0.15) is 0 Å². The van der Waals surface area contributed by atoms with E-state index in [1.165, 1.54) is 12.1 Å². The summed E-state index contributed by atoms with van der Waals surface area (Å²) in [6.45, 7) is 1.03. The van der Waals surface area contributed by atoms with Crippen LogP contribution in [0.25, 0.3) is 0 Å². The molecule has 0 aliphatic carbocycles. The summed E-state index contributed by atoms with van der Waals surface area (Å²) in [5, 5.41) is 0.535. The van der Waals surface area contributed by atoms with Crippen LogP contribution in [0.3, 0.4) is 0 Å². The minimum Gasteiger partial charge on any atom is -0.377 e. The maximum absolute atomic E-state index is 12.0. The van der Waals surface area contributed by atoms with Gasteiger partial charge in [0.15, 0.2) is 0 Å². The molecule has 1 aromatic carbocycles. The second-order valence-electron chi connectivity index (χ2n) is 4.78. The number of rotatable bonds is 3. The maximum Gasteiger partial charge on any atom is 0.337 e. The number of ether oxygens (including phenoxy) is 1. The van der Waals surface area contributed by atoms with Crippen LogP contribution in [0.15, 0.2) is 35.9 Å². The average molecular weight is 287 g/mol. The topological polar surface area (TPSA) is 72.9 Å². The molecule has 0 spiro atoms. The molecule has 6 nitrogen and oxygen atoms in total. The van der Waals surface area contributed by atoms with Crippen LogP contribution in [0, 0.1) is 0 Å². The highest BCUT2D eigenvalue weighted by Crippen LogP contribution is 2.23.